The maximum atomic E-state index is 11.9. The average molecular weight is 281 g/mol. The Balaban J connectivity index is 1.95. The van der Waals surface area contributed by atoms with E-state index in [0.717, 1.165) is 5.76 Å². The van der Waals surface area contributed by atoms with E-state index in [-0.39, 0.29) is 16.6 Å². The molecule has 0 unspecified atom stereocenters. The van der Waals surface area contributed by atoms with Gasteiger partial charge in [0, 0.05) is 13.0 Å². The number of furan rings is 1. The molecule has 7 heteroatoms. The Morgan fingerprint density at radius 2 is 2.26 bits per heavy atom. The molecule has 2 heterocycles. The summed E-state index contributed by atoms with van der Waals surface area (Å²) in [6.07, 6.45) is 2.19. The maximum absolute atomic E-state index is 11.9. The van der Waals surface area contributed by atoms with E-state index >= 15 is 0 Å². The molecule has 0 aliphatic carbocycles. The van der Waals surface area contributed by atoms with Crippen molar-refractivity contribution in [2.45, 2.75) is 6.42 Å². The molecule has 19 heavy (non-hydrogen) atoms. The van der Waals surface area contributed by atoms with Crippen LogP contribution in [0.4, 0.5) is 5.82 Å². The quantitative estimate of drug-likeness (QED) is 0.571. The fourth-order valence-corrected chi connectivity index (χ4v) is 1.71. The SMILES string of the molecule is NNc1ccc(Cl)c(C(=O)NCCc2ccco2)n1. The Morgan fingerprint density at radius 3 is 2.95 bits per heavy atom. The zero-order valence-electron chi connectivity index (χ0n) is 10.0. The predicted molar refractivity (Wildman–Crippen MR) is 71.8 cm³/mol. The molecule has 0 atom stereocenters. The van der Waals surface area contributed by atoms with Crippen molar-refractivity contribution in [2.24, 2.45) is 5.84 Å². The van der Waals surface area contributed by atoms with Crippen molar-refractivity contribution in [3.8, 4) is 0 Å². The first-order chi connectivity index (χ1) is 9.20. The fourth-order valence-electron chi connectivity index (χ4n) is 1.52. The molecule has 6 nitrogen and oxygen atoms in total. The minimum Gasteiger partial charge on any atom is -0.469 e. The van der Waals surface area contributed by atoms with E-state index in [2.05, 4.69) is 15.7 Å². The van der Waals surface area contributed by atoms with Crippen LogP contribution in [-0.2, 0) is 6.42 Å². The Kier molecular flexibility index (Phi) is 4.38. The number of anilines is 1. The summed E-state index contributed by atoms with van der Waals surface area (Å²) in [5.41, 5.74) is 2.50. The highest BCUT2D eigenvalue weighted by Gasteiger charge is 2.12. The number of nitrogens with two attached hydrogens (primary N) is 1. The molecule has 4 N–H and O–H groups in total. The number of nitrogens with one attached hydrogen (secondary N) is 2. The second-order valence-corrected chi connectivity index (χ2v) is 4.16. The zero-order chi connectivity index (χ0) is 13.7. The minimum absolute atomic E-state index is 0.136. The normalized spacial score (nSPS) is 10.2. The van der Waals surface area contributed by atoms with E-state index in [4.69, 9.17) is 21.9 Å². The van der Waals surface area contributed by atoms with Crippen molar-refractivity contribution in [3.63, 3.8) is 0 Å². The summed E-state index contributed by atoms with van der Waals surface area (Å²) in [4.78, 5) is 15.9. The monoisotopic (exact) mass is 280 g/mol. The first-order valence-corrected chi connectivity index (χ1v) is 6.02. The van der Waals surface area contributed by atoms with Crippen molar-refractivity contribution in [2.75, 3.05) is 12.0 Å². The van der Waals surface area contributed by atoms with Gasteiger partial charge >= 0.3 is 0 Å². The molecule has 0 aromatic carbocycles. The minimum atomic E-state index is -0.353. The first-order valence-electron chi connectivity index (χ1n) is 5.64. The number of nitrogen functional groups attached to an aromatic ring is 1. The smallest absolute Gasteiger partial charge is 0.271 e. The average Bonchev–Trinajstić information content (AvgIpc) is 2.92. The number of carbonyl (C=O) groups excluding carboxylic acids is 1. The molecule has 2 aromatic heterocycles. The van der Waals surface area contributed by atoms with E-state index in [1.165, 1.54) is 0 Å². The third-order valence-electron chi connectivity index (χ3n) is 2.45. The van der Waals surface area contributed by atoms with Crippen molar-refractivity contribution in [1.29, 1.82) is 0 Å². The number of hydrazine groups is 1. The third-order valence-corrected chi connectivity index (χ3v) is 2.75. The Morgan fingerprint density at radius 1 is 1.42 bits per heavy atom. The number of amides is 1. The third kappa shape index (κ3) is 3.46. The van der Waals surface area contributed by atoms with Gasteiger partial charge in [0.25, 0.3) is 5.91 Å². The second-order valence-electron chi connectivity index (χ2n) is 3.76. The van der Waals surface area contributed by atoms with Gasteiger partial charge in [0.05, 0.1) is 11.3 Å². The van der Waals surface area contributed by atoms with E-state index in [0.29, 0.717) is 18.8 Å². The summed E-state index contributed by atoms with van der Waals surface area (Å²) in [5.74, 6) is 6.06. The van der Waals surface area contributed by atoms with Crippen LogP contribution in [0.25, 0.3) is 0 Å². The van der Waals surface area contributed by atoms with Crippen LogP contribution in [0.3, 0.4) is 0 Å². The lowest BCUT2D eigenvalue weighted by atomic mass is 10.3. The molecule has 2 rings (SSSR count). The van der Waals surface area contributed by atoms with Gasteiger partial charge in [-0.2, -0.15) is 0 Å². The molecule has 0 saturated carbocycles. The lowest BCUT2D eigenvalue weighted by Gasteiger charge is -2.07. The molecule has 2 aromatic rings. The van der Waals surface area contributed by atoms with Crippen molar-refractivity contribution >= 4 is 23.3 Å². The summed E-state index contributed by atoms with van der Waals surface area (Å²) in [5, 5.41) is 2.99. The lowest BCUT2D eigenvalue weighted by Crippen LogP contribution is -2.27. The Labute approximate surface area is 114 Å². The van der Waals surface area contributed by atoms with Gasteiger partial charge < -0.3 is 15.2 Å². The fraction of sp³-hybridized carbons (Fsp3) is 0.167. The molecule has 0 saturated heterocycles. The van der Waals surface area contributed by atoms with Gasteiger partial charge in [-0.05, 0) is 24.3 Å². The summed E-state index contributed by atoms with van der Waals surface area (Å²) in [6.45, 7) is 0.435. The number of nitrogens with zero attached hydrogens (tertiary/aromatic N) is 1. The summed E-state index contributed by atoms with van der Waals surface area (Å²) in [7, 11) is 0. The van der Waals surface area contributed by atoms with Crippen LogP contribution in [0, 0.1) is 0 Å². The number of halogens is 1. The van der Waals surface area contributed by atoms with Crippen LogP contribution in [-0.4, -0.2) is 17.4 Å². The Hall–Kier alpha value is -2.05. The number of aromatic nitrogens is 1. The van der Waals surface area contributed by atoms with Crippen molar-refractivity contribution in [3.05, 3.63) is 47.0 Å². The van der Waals surface area contributed by atoms with E-state index in [9.17, 15) is 4.79 Å². The molecule has 100 valence electrons. The number of hydrogen-bond acceptors (Lipinski definition) is 5. The molecule has 0 aliphatic rings. The van der Waals surface area contributed by atoms with Crippen LogP contribution in [0.1, 0.15) is 16.2 Å². The van der Waals surface area contributed by atoms with Gasteiger partial charge in [-0.1, -0.05) is 11.6 Å². The molecule has 0 radical (unpaired) electrons. The number of carbonyl (C=O) groups is 1. The number of rotatable bonds is 5. The highest BCUT2D eigenvalue weighted by Crippen LogP contribution is 2.16. The molecule has 0 spiro atoms. The summed E-state index contributed by atoms with van der Waals surface area (Å²) < 4.78 is 5.16. The van der Waals surface area contributed by atoms with Crippen molar-refractivity contribution < 1.29 is 9.21 Å². The Bertz CT molecular complexity index is 557. The topological polar surface area (TPSA) is 93.2 Å². The molecular formula is C12H13ClN4O2. The van der Waals surface area contributed by atoms with E-state index < -0.39 is 0 Å². The molecule has 0 fully saturated rings. The predicted octanol–water partition coefficient (Wildman–Crippen LogP) is 1.59. The van der Waals surface area contributed by atoms with E-state index in [1.807, 2.05) is 6.07 Å². The van der Waals surface area contributed by atoms with Gasteiger partial charge in [-0.25, -0.2) is 10.8 Å². The lowest BCUT2D eigenvalue weighted by molar-refractivity contribution is 0.0949. The number of pyridine rings is 1. The number of hydrogen-bond donors (Lipinski definition) is 3. The van der Waals surface area contributed by atoms with Gasteiger partial charge in [-0.3, -0.25) is 4.79 Å². The largest absolute Gasteiger partial charge is 0.469 e. The van der Waals surface area contributed by atoms with Gasteiger partial charge in [0.2, 0.25) is 0 Å². The van der Waals surface area contributed by atoms with Crippen LogP contribution in [0.2, 0.25) is 5.02 Å². The van der Waals surface area contributed by atoms with Crippen LogP contribution in [0.15, 0.2) is 34.9 Å². The summed E-state index contributed by atoms with van der Waals surface area (Å²) >= 11 is 5.92. The highest BCUT2D eigenvalue weighted by molar-refractivity contribution is 6.33. The zero-order valence-corrected chi connectivity index (χ0v) is 10.8. The standard InChI is InChI=1S/C12H13ClN4O2/c13-9-3-4-10(17-14)16-11(9)12(18)15-6-5-8-2-1-7-19-8/h1-4,7H,5-6,14H2,(H,15,18)(H,16,17). The molecule has 1 amide bonds. The molecular weight excluding hydrogens is 268 g/mol. The van der Waals surface area contributed by atoms with Gasteiger partial charge in [0.1, 0.15) is 17.3 Å². The van der Waals surface area contributed by atoms with Crippen LogP contribution >= 0.6 is 11.6 Å². The van der Waals surface area contributed by atoms with Gasteiger partial charge in [-0.15, -0.1) is 0 Å². The first kappa shape index (κ1) is 13.4. The highest BCUT2D eigenvalue weighted by atomic mass is 35.5. The van der Waals surface area contributed by atoms with Gasteiger partial charge in [0.15, 0.2) is 0 Å². The molecule has 0 aliphatic heterocycles. The van der Waals surface area contributed by atoms with Crippen molar-refractivity contribution in [1.82, 2.24) is 10.3 Å². The maximum Gasteiger partial charge on any atom is 0.271 e. The second kappa shape index (κ2) is 6.21. The van der Waals surface area contributed by atoms with Crippen LogP contribution < -0.4 is 16.6 Å². The summed E-state index contributed by atoms with van der Waals surface area (Å²) in [6, 6.07) is 6.79. The molecule has 0 bridgehead atoms. The van der Waals surface area contributed by atoms with E-state index in [1.54, 1.807) is 24.5 Å². The van der Waals surface area contributed by atoms with Crippen LogP contribution in [0.5, 0.6) is 0 Å².